The smallest absolute Gasteiger partial charge is 0.260 e. The number of carbonyl (C=O) groups excluding carboxylic acids is 1. The number of fused-ring (bicyclic) bond motifs is 2. The third kappa shape index (κ3) is 4.59. The number of amides is 1. The van der Waals surface area contributed by atoms with Crippen LogP contribution in [0.4, 0.5) is 5.13 Å². The lowest BCUT2D eigenvalue weighted by Gasteiger charge is -2.27. The Morgan fingerprint density at radius 2 is 1.84 bits per heavy atom. The third-order valence-corrected chi connectivity index (χ3v) is 6.77. The summed E-state index contributed by atoms with van der Waals surface area (Å²) >= 11 is 7.64. The molecule has 1 aliphatic rings. The van der Waals surface area contributed by atoms with Crippen LogP contribution < -0.4 is 4.90 Å². The molecule has 5 rings (SSSR count). The van der Waals surface area contributed by atoms with Gasteiger partial charge in [0.1, 0.15) is 0 Å². The molecule has 1 amide bonds. The number of rotatable bonds is 6. The Morgan fingerprint density at radius 1 is 1.06 bits per heavy atom. The van der Waals surface area contributed by atoms with E-state index in [9.17, 15) is 4.79 Å². The summed E-state index contributed by atoms with van der Waals surface area (Å²) in [7, 11) is 0. The minimum absolute atomic E-state index is 0.0929. The second-order valence-electron chi connectivity index (χ2n) is 7.63. The topological polar surface area (TPSA) is 71.5 Å². The molecule has 7 nitrogen and oxygen atoms in total. The number of nitrogens with zero attached hydrogens (tertiary/aromatic N) is 5. The maximum absolute atomic E-state index is 13.6. The van der Waals surface area contributed by atoms with E-state index in [0.29, 0.717) is 27.8 Å². The number of hydrogen-bond acceptors (Lipinski definition) is 7. The van der Waals surface area contributed by atoms with E-state index >= 15 is 0 Å². The second kappa shape index (κ2) is 9.46. The summed E-state index contributed by atoms with van der Waals surface area (Å²) in [5.74, 6) is -0.0929. The van der Waals surface area contributed by atoms with Gasteiger partial charge in [0.05, 0.1) is 34.5 Å². The molecule has 32 heavy (non-hydrogen) atoms. The molecule has 0 unspecified atom stereocenters. The number of aromatic nitrogens is 3. The Hall–Kier alpha value is -2.65. The second-order valence-corrected chi connectivity index (χ2v) is 9.08. The van der Waals surface area contributed by atoms with Crippen LogP contribution in [-0.4, -0.2) is 65.2 Å². The SMILES string of the molecule is O=C(c1ccc2nccnc2c1)N(CCCN1CCOCC1)c1nc2ccc(Cl)cc2s1. The van der Waals surface area contributed by atoms with Gasteiger partial charge >= 0.3 is 0 Å². The molecule has 1 aliphatic heterocycles. The summed E-state index contributed by atoms with van der Waals surface area (Å²) in [4.78, 5) is 31.1. The molecule has 2 aromatic heterocycles. The van der Waals surface area contributed by atoms with Crippen LogP contribution in [0, 0.1) is 0 Å². The van der Waals surface area contributed by atoms with Crippen molar-refractivity contribution < 1.29 is 9.53 Å². The van der Waals surface area contributed by atoms with Crippen LogP contribution in [0.5, 0.6) is 0 Å². The molecular weight excluding hydrogens is 446 g/mol. The lowest BCUT2D eigenvalue weighted by molar-refractivity contribution is 0.0376. The zero-order chi connectivity index (χ0) is 21.9. The number of carbonyl (C=O) groups is 1. The van der Waals surface area contributed by atoms with Crippen LogP contribution in [0.2, 0.25) is 5.02 Å². The first-order chi connectivity index (χ1) is 15.7. The minimum atomic E-state index is -0.0929. The summed E-state index contributed by atoms with van der Waals surface area (Å²) in [6.45, 7) is 4.86. The minimum Gasteiger partial charge on any atom is -0.379 e. The van der Waals surface area contributed by atoms with Crippen molar-refractivity contribution in [3.63, 3.8) is 0 Å². The number of morpholine rings is 1. The highest BCUT2D eigenvalue weighted by Crippen LogP contribution is 2.32. The lowest BCUT2D eigenvalue weighted by Crippen LogP contribution is -2.39. The van der Waals surface area contributed by atoms with Crippen molar-refractivity contribution in [1.82, 2.24) is 19.9 Å². The maximum Gasteiger partial charge on any atom is 0.260 e. The van der Waals surface area contributed by atoms with Gasteiger partial charge in [-0.3, -0.25) is 24.6 Å². The molecular formula is C23H22ClN5O2S. The molecule has 164 valence electrons. The van der Waals surface area contributed by atoms with Gasteiger partial charge in [0.25, 0.3) is 5.91 Å². The Bertz CT molecular complexity index is 1260. The number of ether oxygens (including phenoxy) is 1. The molecule has 0 radical (unpaired) electrons. The first-order valence-electron chi connectivity index (χ1n) is 10.6. The fourth-order valence-electron chi connectivity index (χ4n) is 3.82. The summed E-state index contributed by atoms with van der Waals surface area (Å²) < 4.78 is 6.40. The van der Waals surface area contributed by atoms with Crippen LogP contribution in [-0.2, 0) is 4.74 Å². The van der Waals surface area contributed by atoms with E-state index in [-0.39, 0.29) is 5.91 Å². The van der Waals surface area contributed by atoms with Gasteiger partial charge in [-0.2, -0.15) is 0 Å². The van der Waals surface area contributed by atoms with Crippen LogP contribution >= 0.6 is 22.9 Å². The van der Waals surface area contributed by atoms with Gasteiger partial charge in [-0.1, -0.05) is 22.9 Å². The molecule has 3 heterocycles. The largest absolute Gasteiger partial charge is 0.379 e. The summed E-state index contributed by atoms with van der Waals surface area (Å²) in [6.07, 6.45) is 4.12. The fraction of sp³-hybridized carbons (Fsp3) is 0.304. The van der Waals surface area contributed by atoms with E-state index < -0.39 is 0 Å². The van der Waals surface area contributed by atoms with Gasteiger partial charge in [0, 0.05) is 49.2 Å². The van der Waals surface area contributed by atoms with Crippen molar-refractivity contribution >= 4 is 55.2 Å². The average Bonchev–Trinajstić information content (AvgIpc) is 3.24. The van der Waals surface area contributed by atoms with Crippen molar-refractivity contribution in [1.29, 1.82) is 0 Å². The van der Waals surface area contributed by atoms with Crippen LogP contribution in [0.15, 0.2) is 48.8 Å². The molecule has 0 spiro atoms. The van der Waals surface area contributed by atoms with Gasteiger partial charge in [-0.25, -0.2) is 4.98 Å². The number of thiazole rings is 1. The normalized spacial score (nSPS) is 14.8. The molecule has 0 saturated carbocycles. The van der Waals surface area contributed by atoms with Gasteiger partial charge < -0.3 is 4.74 Å². The first kappa shape index (κ1) is 21.2. The highest BCUT2D eigenvalue weighted by atomic mass is 35.5. The van der Waals surface area contributed by atoms with E-state index in [4.69, 9.17) is 21.3 Å². The monoisotopic (exact) mass is 467 g/mol. The number of anilines is 1. The van der Waals surface area contributed by atoms with Crippen molar-refractivity contribution in [2.75, 3.05) is 44.3 Å². The zero-order valence-corrected chi connectivity index (χ0v) is 19.0. The van der Waals surface area contributed by atoms with Crippen LogP contribution in [0.1, 0.15) is 16.8 Å². The molecule has 0 atom stereocenters. The molecule has 0 bridgehead atoms. The van der Waals surface area contributed by atoms with Crippen LogP contribution in [0.3, 0.4) is 0 Å². The lowest BCUT2D eigenvalue weighted by atomic mass is 10.1. The average molecular weight is 468 g/mol. The van der Waals surface area contributed by atoms with Crippen molar-refractivity contribution in [3.05, 3.63) is 59.4 Å². The molecule has 4 aromatic rings. The molecule has 1 saturated heterocycles. The van der Waals surface area contributed by atoms with Crippen molar-refractivity contribution in [2.24, 2.45) is 0 Å². The summed E-state index contributed by atoms with van der Waals surface area (Å²) in [5, 5.41) is 1.33. The van der Waals surface area contributed by atoms with Crippen molar-refractivity contribution in [2.45, 2.75) is 6.42 Å². The summed E-state index contributed by atoms with van der Waals surface area (Å²) in [5.41, 5.74) is 2.87. The summed E-state index contributed by atoms with van der Waals surface area (Å²) in [6, 6.07) is 11.0. The van der Waals surface area contributed by atoms with Crippen LogP contribution in [0.25, 0.3) is 21.3 Å². The van der Waals surface area contributed by atoms with E-state index in [1.54, 1.807) is 29.4 Å². The highest BCUT2D eigenvalue weighted by Gasteiger charge is 2.22. The van der Waals surface area contributed by atoms with Crippen molar-refractivity contribution in [3.8, 4) is 0 Å². The van der Waals surface area contributed by atoms with Gasteiger partial charge in [-0.15, -0.1) is 0 Å². The third-order valence-electron chi connectivity index (χ3n) is 5.49. The molecule has 1 fully saturated rings. The molecule has 0 N–H and O–H groups in total. The maximum atomic E-state index is 13.6. The van der Waals surface area contributed by atoms with E-state index in [2.05, 4.69) is 14.9 Å². The Kier molecular flexibility index (Phi) is 6.27. The van der Waals surface area contributed by atoms with E-state index in [1.165, 1.54) is 11.3 Å². The van der Waals surface area contributed by atoms with E-state index in [1.807, 2.05) is 24.3 Å². The molecule has 9 heteroatoms. The predicted molar refractivity (Wildman–Crippen MR) is 128 cm³/mol. The predicted octanol–water partition coefficient (Wildman–Crippen LogP) is 4.26. The van der Waals surface area contributed by atoms with Gasteiger partial charge in [-0.05, 0) is 42.8 Å². The number of halogens is 1. The standard InChI is InChI=1S/C23H22ClN5O2S/c24-17-3-5-19-21(15-17)32-23(27-19)29(9-1-8-28-10-12-31-13-11-28)22(30)16-2-4-18-20(14-16)26-7-6-25-18/h2-7,14-15H,1,8-13H2. The highest BCUT2D eigenvalue weighted by molar-refractivity contribution is 7.22. The Balaban J connectivity index is 1.43. The Labute approximate surface area is 194 Å². The molecule has 0 aliphatic carbocycles. The van der Waals surface area contributed by atoms with Gasteiger partial charge in [0.15, 0.2) is 5.13 Å². The first-order valence-corrected chi connectivity index (χ1v) is 11.8. The fourth-order valence-corrected chi connectivity index (χ4v) is 5.08. The zero-order valence-electron chi connectivity index (χ0n) is 17.4. The van der Waals surface area contributed by atoms with Gasteiger partial charge in [0.2, 0.25) is 0 Å². The Morgan fingerprint density at radius 3 is 2.69 bits per heavy atom. The van der Waals surface area contributed by atoms with E-state index in [0.717, 1.165) is 55.0 Å². The number of hydrogen-bond donors (Lipinski definition) is 0. The quantitative estimate of drug-likeness (QED) is 0.422. The number of benzene rings is 2. The molecule has 2 aromatic carbocycles.